The topological polar surface area (TPSA) is 39.2 Å². The fraction of sp³-hybridized carbons (Fsp3) is 0.286. The highest BCUT2D eigenvalue weighted by molar-refractivity contribution is 6.34. The van der Waals surface area contributed by atoms with Gasteiger partial charge < -0.3 is 4.74 Å². The maximum Gasteiger partial charge on any atom is 0.357 e. The maximum absolute atomic E-state index is 11.8. The summed E-state index contributed by atoms with van der Waals surface area (Å²) in [6, 6.07) is 9.29. The van der Waals surface area contributed by atoms with Crippen LogP contribution >= 0.6 is 11.6 Å². The second-order valence-electron chi connectivity index (χ2n) is 4.56. The van der Waals surface area contributed by atoms with Gasteiger partial charge >= 0.3 is 5.97 Å². The van der Waals surface area contributed by atoms with Gasteiger partial charge in [0.1, 0.15) is 5.15 Å². The number of benzene rings is 1. The molecule has 0 amide bonds. The molecule has 0 atom stereocenters. The third-order valence-corrected chi connectivity index (χ3v) is 3.34. The predicted octanol–water partition coefficient (Wildman–Crippen LogP) is 3.46. The summed E-state index contributed by atoms with van der Waals surface area (Å²) in [5, 5.41) is 2.08. The number of carbonyl (C=O) groups is 1. The van der Waals surface area contributed by atoms with Gasteiger partial charge in [-0.3, -0.25) is 0 Å². The number of pyridine rings is 1. The number of fused-ring (bicyclic) bond motifs is 1. The van der Waals surface area contributed by atoms with E-state index in [9.17, 15) is 4.79 Å². The van der Waals surface area contributed by atoms with Gasteiger partial charge in [-0.15, -0.1) is 0 Å². The molecule has 3 rings (SSSR count). The number of halogens is 1. The number of hydrogen-bond acceptors (Lipinski definition) is 3. The highest BCUT2D eigenvalue weighted by Gasteiger charge is 2.23. The molecule has 1 aromatic carbocycles. The van der Waals surface area contributed by atoms with E-state index in [1.165, 1.54) is 0 Å². The molecule has 0 unspecified atom stereocenters. The Morgan fingerprint density at radius 2 is 2.17 bits per heavy atom. The first kappa shape index (κ1) is 11.5. The van der Waals surface area contributed by atoms with Crippen LogP contribution in [0.5, 0.6) is 0 Å². The van der Waals surface area contributed by atoms with Gasteiger partial charge in [0.05, 0.1) is 6.61 Å². The molecule has 4 heteroatoms. The van der Waals surface area contributed by atoms with E-state index in [2.05, 4.69) is 4.98 Å². The van der Waals surface area contributed by atoms with E-state index < -0.39 is 5.97 Å². The first-order chi connectivity index (χ1) is 8.74. The van der Waals surface area contributed by atoms with Crippen molar-refractivity contribution in [2.75, 3.05) is 6.61 Å². The molecule has 0 spiro atoms. The molecular weight excluding hydrogens is 250 g/mol. The second-order valence-corrected chi connectivity index (χ2v) is 4.92. The smallest absolute Gasteiger partial charge is 0.357 e. The minimum atomic E-state index is -0.394. The van der Waals surface area contributed by atoms with Gasteiger partial charge in [-0.2, -0.15) is 0 Å². The van der Waals surface area contributed by atoms with Gasteiger partial charge in [-0.05, 0) is 30.2 Å². The molecule has 0 saturated heterocycles. The van der Waals surface area contributed by atoms with Crippen LogP contribution in [0.4, 0.5) is 0 Å². The molecule has 0 N–H and O–H groups in total. The molecule has 1 aromatic heterocycles. The highest BCUT2D eigenvalue weighted by Crippen LogP contribution is 2.29. The van der Waals surface area contributed by atoms with Crippen LogP contribution in [-0.2, 0) is 4.74 Å². The summed E-state index contributed by atoms with van der Waals surface area (Å²) in [5.41, 5.74) is 0.277. The van der Waals surface area contributed by atoms with Gasteiger partial charge in [0.25, 0.3) is 0 Å². The van der Waals surface area contributed by atoms with Crippen molar-refractivity contribution >= 4 is 28.3 Å². The SMILES string of the molecule is O=C(OCC1CC1)c1cc2ccccc2c(Cl)n1. The summed E-state index contributed by atoms with van der Waals surface area (Å²) in [4.78, 5) is 15.9. The van der Waals surface area contributed by atoms with Crippen molar-refractivity contribution in [1.29, 1.82) is 0 Å². The van der Waals surface area contributed by atoms with Gasteiger partial charge in [-0.1, -0.05) is 35.9 Å². The molecule has 0 aliphatic heterocycles. The molecule has 92 valence electrons. The third kappa shape index (κ3) is 2.31. The predicted molar refractivity (Wildman–Crippen MR) is 69.8 cm³/mol. The molecule has 0 radical (unpaired) electrons. The average molecular weight is 262 g/mol. The lowest BCUT2D eigenvalue weighted by Crippen LogP contribution is -2.09. The number of nitrogens with zero attached hydrogens (tertiary/aromatic N) is 1. The summed E-state index contributed by atoms with van der Waals surface area (Å²) in [7, 11) is 0. The zero-order valence-corrected chi connectivity index (χ0v) is 10.5. The van der Waals surface area contributed by atoms with Crippen molar-refractivity contribution in [2.45, 2.75) is 12.8 Å². The highest BCUT2D eigenvalue weighted by atomic mass is 35.5. The van der Waals surface area contributed by atoms with Crippen LogP contribution in [-0.4, -0.2) is 17.6 Å². The Morgan fingerprint density at radius 1 is 1.39 bits per heavy atom. The Morgan fingerprint density at radius 3 is 2.94 bits per heavy atom. The van der Waals surface area contributed by atoms with Crippen LogP contribution in [0.25, 0.3) is 10.8 Å². The van der Waals surface area contributed by atoms with Gasteiger partial charge in [0, 0.05) is 5.39 Å². The van der Waals surface area contributed by atoms with Crippen LogP contribution in [0.15, 0.2) is 30.3 Å². The van der Waals surface area contributed by atoms with Crippen molar-refractivity contribution < 1.29 is 9.53 Å². The molecule has 1 saturated carbocycles. The number of esters is 1. The second kappa shape index (κ2) is 4.58. The summed E-state index contributed by atoms with van der Waals surface area (Å²) < 4.78 is 5.20. The number of hydrogen-bond donors (Lipinski definition) is 0. The summed E-state index contributed by atoms with van der Waals surface area (Å²) in [6.07, 6.45) is 2.30. The van der Waals surface area contributed by atoms with Crippen LogP contribution in [0.2, 0.25) is 5.15 Å². The molecular formula is C14H12ClNO2. The van der Waals surface area contributed by atoms with Crippen molar-refractivity contribution in [3.63, 3.8) is 0 Å². The quantitative estimate of drug-likeness (QED) is 0.627. The van der Waals surface area contributed by atoms with Crippen LogP contribution in [0, 0.1) is 5.92 Å². The molecule has 0 bridgehead atoms. The Hall–Kier alpha value is -1.61. The van der Waals surface area contributed by atoms with Crippen molar-refractivity contribution in [1.82, 2.24) is 4.98 Å². The molecule has 1 fully saturated rings. The minimum absolute atomic E-state index is 0.277. The van der Waals surface area contributed by atoms with Gasteiger partial charge in [0.2, 0.25) is 0 Å². The number of ether oxygens (including phenoxy) is 1. The van der Waals surface area contributed by atoms with E-state index in [-0.39, 0.29) is 5.69 Å². The Kier molecular flexibility index (Phi) is 2.92. The van der Waals surface area contributed by atoms with Crippen LogP contribution < -0.4 is 0 Å². The molecule has 18 heavy (non-hydrogen) atoms. The molecule has 1 aliphatic carbocycles. The van der Waals surface area contributed by atoms with Crippen molar-refractivity contribution in [3.05, 3.63) is 41.2 Å². The Balaban J connectivity index is 1.88. The van der Waals surface area contributed by atoms with Gasteiger partial charge in [0.15, 0.2) is 5.69 Å². The summed E-state index contributed by atoms with van der Waals surface area (Å²) in [6.45, 7) is 0.491. The lowest BCUT2D eigenvalue weighted by molar-refractivity contribution is 0.0479. The lowest BCUT2D eigenvalue weighted by atomic mass is 10.1. The minimum Gasteiger partial charge on any atom is -0.461 e. The molecule has 2 aromatic rings. The van der Waals surface area contributed by atoms with Gasteiger partial charge in [-0.25, -0.2) is 9.78 Å². The summed E-state index contributed by atoms with van der Waals surface area (Å²) >= 11 is 6.06. The van der Waals surface area contributed by atoms with E-state index in [1.54, 1.807) is 6.07 Å². The molecule has 1 heterocycles. The number of carbonyl (C=O) groups excluding carboxylic acids is 1. The molecule has 3 nitrogen and oxygen atoms in total. The van der Waals surface area contributed by atoms with E-state index in [0.717, 1.165) is 23.6 Å². The third-order valence-electron chi connectivity index (χ3n) is 3.05. The van der Waals surface area contributed by atoms with Crippen molar-refractivity contribution in [2.24, 2.45) is 5.92 Å². The maximum atomic E-state index is 11.8. The first-order valence-electron chi connectivity index (χ1n) is 5.96. The fourth-order valence-corrected chi connectivity index (χ4v) is 2.08. The number of aromatic nitrogens is 1. The van der Waals surface area contributed by atoms with Crippen molar-refractivity contribution in [3.8, 4) is 0 Å². The fourth-order valence-electron chi connectivity index (χ4n) is 1.81. The normalized spacial score (nSPS) is 14.7. The molecule has 1 aliphatic rings. The standard InChI is InChI=1S/C14H12ClNO2/c15-13-11-4-2-1-3-10(11)7-12(16-13)14(17)18-8-9-5-6-9/h1-4,7,9H,5-6,8H2. The van der Waals surface area contributed by atoms with E-state index in [1.807, 2.05) is 24.3 Å². The van der Waals surface area contributed by atoms with Crippen LogP contribution in [0.1, 0.15) is 23.3 Å². The van der Waals surface area contributed by atoms with E-state index in [0.29, 0.717) is 17.7 Å². The average Bonchev–Trinajstić information content (AvgIpc) is 3.20. The zero-order valence-electron chi connectivity index (χ0n) is 9.73. The van der Waals surface area contributed by atoms with E-state index in [4.69, 9.17) is 16.3 Å². The number of rotatable bonds is 3. The lowest BCUT2D eigenvalue weighted by Gasteiger charge is -2.05. The summed E-state index contributed by atoms with van der Waals surface area (Å²) in [5.74, 6) is 0.152. The monoisotopic (exact) mass is 261 g/mol. The Labute approximate surface area is 110 Å². The Bertz CT molecular complexity index is 608. The van der Waals surface area contributed by atoms with E-state index >= 15 is 0 Å². The largest absolute Gasteiger partial charge is 0.461 e. The first-order valence-corrected chi connectivity index (χ1v) is 6.34. The van der Waals surface area contributed by atoms with Crippen LogP contribution in [0.3, 0.4) is 0 Å². The zero-order chi connectivity index (χ0) is 12.5.